The second kappa shape index (κ2) is 7.13. The van der Waals surface area contributed by atoms with Crippen LogP contribution >= 0.6 is 0 Å². The molecule has 0 spiro atoms. The molecule has 18 heavy (non-hydrogen) atoms. The molecule has 0 aliphatic carbocycles. The molecule has 0 saturated heterocycles. The number of rotatable bonds is 7. The zero-order chi connectivity index (χ0) is 13.5. The van der Waals surface area contributed by atoms with Crippen molar-refractivity contribution in [3.8, 4) is 0 Å². The topological polar surface area (TPSA) is 32.7 Å². The summed E-state index contributed by atoms with van der Waals surface area (Å²) in [5, 5.41) is 9.41. The van der Waals surface area contributed by atoms with Crippen molar-refractivity contribution in [1.29, 1.82) is 0 Å². The fraction of sp³-hybridized carbons (Fsp3) is 0.429. The van der Waals surface area contributed by atoms with Crippen molar-refractivity contribution in [2.45, 2.75) is 13.0 Å². The Bertz CT molecular complexity index is 393. The van der Waals surface area contributed by atoms with Crippen LogP contribution in [0.25, 0.3) is 0 Å². The molecule has 0 heterocycles. The monoisotopic (exact) mass is 253 g/mol. The van der Waals surface area contributed by atoms with Gasteiger partial charge in [-0.1, -0.05) is 12.1 Å². The molecule has 0 amide bonds. The van der Waals surface area contributed by atoms with Gasteiger partial charge < -0.3 is 14.7 Å². The molecule has 1 rings (SSSR count). The van der Waals surface area contributed by atoms with E-state index in [1.807, 2.05) is 4.90 Å². The number of hydrogen-bond donors (Lipinski definition) is 1. The van der Waals surface area contributed by atoms with Crippen LogP contribution in [0.4, 0.5) is 10.1 Å². The van der Waals surface area contributed by atoms with Crippen LogP contribution in [0.2, 0.25) is 0 Å². The van der Waals surface area contributed by atoms with E-state index in [2.05, 4.69) is 6.58 Å². The Balaban J connectivity index is 2.93. The van der Waals surface area contributed by atoms with E-state index in [1.54, 1.807) is 32.2 Å². The number of aliphatic hydroxyl groups is 1. The number of nitrogens with zero attached hydrogens (tertiary/aromatic N) is 1. The maximum absolute atomic E-state index is 14.0. The number of hydrogen-bond acceptors (Lipinski definition) is 3. The van der Waals surface area contributed by atoms with Gasteiger partial charge in [0, 0.05) is 20.2 Å². The summed E-state index contributed by atoms with van der Waals surface area (Å²) in [7, 11) is 1.61. The average Bonchev–Trinajstić information content (AvgIpc) is 2.34. The first-order chi connectivity index (χ1) is 8.60. The van der Waals surface area contributed by atoms with Crippen LogP contribution < -0.4 is 4.90 Å². The molecule has 0 bridgehead atoms. The van der Waals surface area contributed by atoms with Crippen LogP contribution in [0.15, 0.2) is 30.9 Å². The molecule has 1 N–H and O–H groups in total. The molecule has 0 fully saturated rings. The summed E-state index contributed by atoms with van der Waals surface area (Å²) in [5.74, 6) is -0.341. The predicted octanol–water partition coefficient (Wildman–Crippen LogP) is 2.52. The summed E-state index contributed by atoms with van der Waals surface area (Å²) in [6, 6.07) is 4.77. The van der Waals surface area contributed by atoms with E-state index in [4.69, 9.17) is 4.74 Å². The summed E-state index contributed by atoms with van der Waals surface area (Å²) in [4.78, 5) is 1.84. The van der Waals surface area contributed by atoms with Crippen LogP contribution in [0, 0.1) is 5.82 Å². The van der Waals surface area contributed by atoms with Crippen molar-refractivity contribution in [3.63, 3.8) is 0 Å². The molecule has 1 atom stereocenters. The molecular formula is C14H20FNO2. The van der Waals surface area contributed by atoms with Gasteiger partial charge in [-0.15, -0.1) is 6.58 Å². The zero-order valence-electron chi connectivity index (χ0n) is 10.9. The summed E-state index contributed by atoms with van der Waals surface area (Å²) < 4.78 is 19.0. The number of halogens is 1. The molecule has 0 unspecified atom stereocenters. The number of methoxy groups -OCH3 is 1. The Hall–Kier alpha value is -1.39. The highest BCUT2D eigenvalue weighted by Gasteiger charge is 2.12. The van der Waals surface area contributed by atoms with Crippen molar-refractivity contribution in [2.75, 3.05) is 31.7 Å². The van der Waals surface area contributed by atoms with Gasteiger partial charge in [0.25, 0.3) is 0 Å². The minimum Gasteiger partial charge on any atom is -0.389 e. The van der Waals surface area contributed by atoms with E-state index in [9.17, 15) is 9.50 Å². The molecular weight excluding hydrogens is 233 g/mol. The maximum atomic E-state index is 14.0. The van der Waals surface area contributed by atoms with Gasteiger partial charge in [-0.25, -0.2) is 4.39 Å². The van der Waals surface area contributed by atoms with Gasteiger partial charge in [0.05, 0.1) is 18.4 Å². The Morgan fingerprint density at radius 2 is 2.28 bits per heavy atom. The highest BCUT2D eigenvalue weighted by molar-refractivity contribution is 5.50. The summed E-state index contributed by atoms with van der Waals surface area (Å²) in [5.41, 5.74) is 1.07. The minimum absolute atomic E-state index is 0.341. The molecule has 0 radical (unpaired) electrons. The van der Waals surface area contributed by atoms with Gasteiger partial charge in [0.2, 0.25) is 0 Å². The first-order valence-corrected chi connectivity index (χ1v) is 5.92. The third-order valence-corrected chi connectivity index (χ3v) is 2.71. The van der Waals surface area contributed by atoms with Crippen molar-refractivity contribution in [3.05, 3.63) is 42.2 Å². The standard InChI is InChI=1S/C14H20FNO2/c1-4-7-16(8-9-18-3)14-6-5-12(11(2)17)10-13(14)15/h4-6,10-11,17H,1,7-9H2,2-3H3/t11-/m1/s1. The first kappa shape index (κ1) is 14.7. The number of aliphatic hydroxyl groups excluding tert-OH is 1. The zero-order valence-corrected chi connectivity index (χ0v) is 10.9. The van der Waals surface area contributed by atoms with Crippen molar-refractivity contribution >= 4 is 5.69 Å². The molecule has 0 aromatic heterocycles. The number of ether oxygens (including phenoxy) is 1. The quantitative estimate of drug-likeness (QED) is 0.758. The lowest BCUT2D eigenvalue weighted by atomic mass is 10.1. The fourth-order valence-corrected chi connectivity index (χ4v) is 1.71. The average molecular weight is 253 g/mol. The summed E-state index contributed by atoms with van der Waals surface area (Å²) in [6.07, 6.45) is 1.05. The van der Waals surface area contributed by atoms with Gasteiger partial charge in [-0.05, 0) is 24.6 Å². The van der Waals surface area contributed by atoms with Crippen molar-refractivity contribution < 1.29 is 14.2 Å². The second-order valence-corrected chi connectivity index (χ2v) is 4.11. The molecule has 100 valence electrons. The Labute approximate surface area is 107 Å². The van der Waals surface area contributed by atoms with E-state index < -0.39 is 6.10 Å². The Morgan fingerprint density at radius 3 is 2.78 bits per heavy atom. The van der Waals surface area contributed by atoms with E-state index in [0.717, 1.165) is 0 Å². The van der Waals surface area contributed by atoms with Crippen molar-refractivity contribution in [1.82, 2.24) is 0 Å². The number of benzene rings is 1. The lowest BCUT2D eigenvalue weighted by molar-refractivity contribution is 0.198. The minimum atomic E-state index is -0.666. The number of anilines is 1. The van der Waals surface area contributed by atoms with Gasteiger partial charge in [0.15, 0.2) is 0 Å². The van der Waals surface area contributed by atoms with Crippen LogP contribution in [0.3, 0.4) is 0 Å². The Kier molecular flexibility index (Phi) is 5.82. The lowest BCUT2D eigenvalue weighted by Gasteiger charge is -2.24. The third-order valence-electron chi connectivity index (χ3n) is 2.71. The molecule has 1 aromatic carbocycles. The van der Waals surface area contributed by atoms with E-state index >= 15 is 0 Å². The second-order valence-electron chi connectivity index (χ2n) is 4.11. The highest BCUT2D eigenvalue weighted by Crippen LogP contribution is 2.23. The Morgan fingerprint density at radius 1 is 1.56 bits per heavy atom. The third kappa shape index (κ3) is 3.82. The summed E-state index contributed by atoms with van der Waals surface area (Å²) in [6.45, 7) is 6.94. The molecule has 1 aromatic rings. The van der Waals surface area contributed by atoms with Crippen molar-refractivity contribution in [2.24, 2.45) is 0 Å². The first-order valence-electron chi connectivity index (χ1n) is 5.92. The molecule has 4 heteroatoms. The van der Waals surface area contributed by atoms with E-state index in [-0.39, 0.29) is 5.82 Å². The fourth-order valence-electron chi connectivity index (χ4n) is 1.71. The molecule has 0 aliphatic heterocycles. The largest absolute Gasteiger partial charge is 0.389 e. The predicted molar refractivity (Wildman–Crippen MR) is 71.3 cm³/mol. The van der Waals surface area contributed by atoms with Gasteiger partial charge in [0.1, 0.15) is 5.82 Å². The van der Waals surface area contributed by atoms with Crippen LogP contribution in [-0.4, -0.2) is 31.9 Å². The molecule has 3 nitrogen and oxygen atoms in total. The van der Waals surface area contributed by atoms with Gasteiger partial charge in [-0.3, -0.25) is 0 Å². The van der Waals surface area contributed by atoms with E-state index in [1.165, 1.54) is 6.07 Å². The van der Waals surface area contributed by atoms with Crippen LogP contribution in [0.1, 0.15) is 18.6 Å². The summed E-state index contributed by atoms with van der Waals surface area (Å²) >= 11 is 0. The smallest absolute Gasteiger partial charge is 0.146 e. The highest BCUT2D eigenvalue weighted by atomic mass is 19.1. The molecule has 0 aliphatic rings. The van der Waals surface area contributed by atoms with Crippen LogP contribution in [-0.2, 0) is 4.74 Å². The molecule has 0 saturated carbocycles. The van der Waals surface area contributed by atoms with Crippen LogP contribution in [0.5, 0.6) is 0 Å². The normalized spacial score (nSPS) is 12.2. The van der Waals surface area contributed by atoms with Gasteiger partial charge >= 0.3 is 0 Å². The van der Waals surface area contributed by atoms with E-state index in [0.29, 0.717) is 30.9 Å². The maximum Gasteiger partial charge on any atom is 0.146 e. The lowest BCUT2D eigenvalue weighted by Crippen LogP contribution is -2.28. The SMILES string of the molecule is C=CCN(CCOC)c1ccc([C@@H](C)O)cc1F. The van der Waals surface area contributed by atoms with Gasteiger partial charge in [-0.2, -0.15) is 0 Å².